The first-order valence-corrected chi connectivity index (χ1v) is 9.34. The van der Waals surface area contributed by atoms with E-state index in [0.717, 1.165) is 16.9 Å². The summed E-state index contributed by atoms with van der Waals surface area (Å²) in [5, 5.41) is 2.77. The second kappa shape index (κ2) is 10.3. The molecule has 0 aliphatic rings. The Hall–Kier alpha value is -3.02. The number of nitrogens with zero attached hydrogens (tertiary/aromatic N) is 1. The van der Waals surface area contributed by atoms with Crippen LogP contribution in [0.4, 0.5) is 0 Å². The summed E-state index contributed by atoms with van der Waals surface area (Å²) in [6.45, 7) is 6.21. The topological polar surface area (TPSA) is 67.9 Å². The lowest BCUT2D eigenvalue weighted by molar-refractivity contribution is -0.142. The van der Waals surface area contributed by atoms with Crippen molar-refractivity contribution in [2.75, 3.05) is 20.3 Å². The van der Waals surface area contributed by atoms with E-state index in [1.807, 2.05) is 56.3 Å². The molecule has 0 aromatic heterocycles. The fourth-order valence-electron chi connectivity index (χ4n) is 2.77. The van der Waals surface area contributed by atoms with Crippen molar-refractivity contribution in [3.63, 3.8) is 0 Å². The maximum atomic E-state index is 12.9. The molecule has 0 heterocycles. The normalized spacial score (nSPS) is 11.4. The molecule has 0 saturated carbocycles. The summed E-state index contributed by atoms with van der Waals surface area (Å²) in [7, 11) is 1.60. The Kier molecular flexibility index (Phi) is 7.87. The van der Waals surface area contributed by atoms with Crippen LogP contribution in [0.15, 0.2) is 48.5 Å². The number of carbonyl (C=O) groups excluding carboxylic acids is 2. The van der Waals surface area contributed by atoms with Gasteiger partial charge in [0.25, 0.3) is 5.91 Å². The minimum Gasteiger partial charge on any atom is -0.497 e. The third kappa shape index (κ3) is 6.01. The highest BCUT2D eigenvalue weighted by molar-refractivity contribution is 5.87. The molecule has 0 fully saturated rings. The third-order valence-electron chi connectivity index (χ3n) is 4.38. The van der Waals surface area contributed by atoms with Gasteiger partial charge in [-0.05, 0) is 56.2 Å². The molecule has 6 nitrogen and oxygen atoms in total. The average Bonchev–Trinajstić information content (AvgIpc) is 2.70. The first-order chi connectivity index (χ1) is 13.4. The van der Waals surface area contributed by atoms with Gasteiger partial charge < -0.3 is 19.7 Å². The van der Waals surface area contributed by atoms with Crippen LogP contribution in [-0.2, 0) is 16.1 Å². The Bertz CT molecular complexity index is 789. The summed E-state index contributed by atoms with van der Waals surface area (Å²) < 4.78 is 10.8. The summed E-state index contributed by atoms with van der Waals surface area (Å²) in [6, 6.07) is 14.3. The Balaban J connectivity index is 2.13. The molecular weight excluding hydrogens is 356 g/mol. The Labute approximate surface area is 166 Å². The summed E-state index contributed by atoms with van der Waals surface area (Å²) in [5.74, 6) is 0.917. The van der Waals surface area contributed by atoms with E-state index in [2.05, 4.69) is 5.32 Å². The van der Waals surface area contributed by atoms with Crippen molar-refractivity contribution in [1.29, 1.82) is 0 Å². The molecule has 0 aliphatic carbocycles. The largest absolute Gasteiger partial charge is 0.497 e. The quantitative estimate of drug-likeness (QED) is 0.722. The van der Waals surface area contributed by atoms with Crippen molar-refractivity contribution in [2.24, 2.45) is 0 Å². The molecule has 6 heteroatoms. The first kappa shape index (κ1) is 21.3. The number of hydrogen-bond donors (Lipinski definition) is 1. The van der Waals surface area contributed by atoms with Gasteiger partial charge in [-0.2, -0.15) is 0 Å². The molecule has 2 aromatic carbocycles. The number of rotatable bonds is 9. The van der Waals surface area contributed by atoms with Gasteiger partial charge in [0, 0.05) is 13.1 Å². The molecule has 0 spiro atoms. The molecule has 2 aromatic rings. The molecule has 0 saturated heterocycles. The van der Waals surface area contributed by atoms with Gasteiger partial charge in [0.2, 0.25) is 5.91 Å². The molecule has 0 bridgehead atoms. The van der Waals surface area contributed by atoms with Crippen molar-refractivity contribution in [1.82, 2.24) is 10.2 Å². The zero-order chi connectivity index (χ0) is 20.5. The molecule has 0 aliphatic heterocycles. The van der Waals surface area contributed by atoms with Crippen molar-refractivity contribution < 1.29 is 19.1 Å². The zero-order valence-electron chi connectivity index (χ0n) is 16.9. The van der Waals surface area contributed by atoms with Crippen LogP contribution in [0.1, 0.15) is 25.0 Å². The lowest BCUT2D eigenvalue weighted by Gasteiger charge is -2.28. The molecule has 1 N–H and O–H groups in total. The van der Waals surface area contributed by atoms with E-state index in [-0.39, 0.29) is 18.4 Å². The van der Waals surface area contributed by atoms with Crippen LogP contribution in [0.3, 0.4) is 0 Å². The van der Waals surface area contributed by atoms with E-state index >= 15 is 0 Å². The second-order valence-corrected chi connectivity index (χ2v) is 6.55. The second-order valence-electron chi connectivity index (χ2n) is 6.55. The summed E-state index contributed by atoms with van der Waals surface area (Å²) in [4.78, 5) is 26.7. The van der Waals surface area contributed by atoms with E-state index < -0.39 is 6.04 Å². The lowest BCUT2D eigenvalue weighted by Crippen LogP contribution is -2.49. The smallest absolute Gasteiger partial charge is 0.261 e. The Morgan fingerprint density at radius 2 is 1.82 bits per heavy atom. The van der Waals surface area contributed by atoms with Gasteiger partial charge in [-0.1, -0.05) is 24.3 Å². The van der Waals surface area contributed by atoms with Gasteiger partial charge in [-0.25, -0.2) is 0 Å². The molecule has 2 rings (SSSR count). The SMILES string of the molecule is CCNC(=O)C(C)N(Cc1ccc(OC)cc1)C(=O)COc1cccc(C)c1. The predicted octanol–water partition coefficient (Wildman–Crippen LogP) is 2.94. The van der Waals surface area contributed by atoms with E-state index in [0.29, 0.717) is 18.8 Å². The molecule has 150 valence electrons. The van der Waals surface area contributed by atoms with Crippen molar-refractivity contribution in [3.05, 3.63) is 59.7 Å². The number of likely N-dealkylation sites (N-methyl/N-ethyl adjacent to an activating group) is 1. The summed E-state index contributed by atoms with van der Waals surface area (Å²) in [5.41, 5.74) is 1.96. The number of ether oxygens (including phenoxy) is 2. The van der Waals surface area contributed by atoms with Crippen molar-refractivity contribution in [2.45, 2.75) is 33.4 Å². The van der Waals surface area contributed by atoms with Crippen LogP contribution in [-0.4, -0.2) is 43.0 Å². The molecule has 28 heavy (non-hydrogen) atoms. The standard InChI is InChI=1S/C22H28N2O4/c1-5-23-22(26)17(3)24(14-18-9-11-19(27-4)12-10-18)21(25)15-28-20-8-6-7-16(2)13-20/h6-13,17H,5,14-15H2,1-4H3,(H,23,26). The fraction of sp³-hybridized carbons (Fsp3) is 0.364. The van der Waals surface area contributed by atoms with Gasteiger partial charge in [-0.15, -0.1) is 0 Å². The maximum absolute atomic E-state index is 12.9. The Morgan fingerprint density at radius 1 is 1.11 bits per heavy atom. The van der Waals surface area contributed by atoms with Crippen LogP contribution < -0.4 is 14.8 Å². The van der Waals surface area contributed by atoms with E-state index in [4.69, 9.17) is 9.47 Å². The van der Waals surface area contributed by atoms with Crippen LogP contribution in [0.2, 0.25) is 0 Å². The lowest BCUT2D eigenvalue weighted by atomic mass is 10.1. The molecule has 2 amide bonds. The number of benzene rings is 2. The highest BCUT2D eigenvalue weighted by Crippen LogP contribution is 2.16. The highest BCUT2D eigenvalue weighted by Gasteiger charge is 2.26. The minimum absolute atomic E-state index is 0.136. The third-order valence-corrected chi connectivity index (χ3v) is 4.38. The number of carbonyl (C=O) groups is 2. The number of hydrogen-bond acceptors (Lipinski definition) is 4. The number of amides is 2. The zero-order valence-corrected chi connectivity index (χ0v) is 16.9. The van der Waals surface area contributed by atoms with Gasteiger partial charge in [0.1, 0.15) is 17.5 Å². The monoisotopic (exact) mass is 384 g/mol. The molecule has 0 radical (unpaired) electrons. The summed E-state index contributed by atoms with van der Waals surface area (Å²) in [6.07, 6.45) is 0. The summed E-state index contributed by atoms with van der Waals surface area (Å²) >= 11 is 0. The number of methoxy groups -OCH3 is 1. The highest BCUT2D eigenvalue weighted by atomic mass is 16.5. The predicted molar refractivity (Wildman–Crippen MR) is 108 cm³/mol. The number of aryl methyl sites for hydroxylation is 1. The average molecular weight is 384 g/mol. The maximum Gasteiger partial charge on any atom is 0.261 e. The van der Waals surface area contributed by atoms with Gasteiger partial charge in [0.05, 0.1) is 7.11 Å². The fourth-order valence-corrected chi connectivity index (χ4v) is 2.77. The van der Waals surface area contributed by atoms with Crippen LogP contribution in [0, 0.1) is 6.92 Å². The molecule has 1 unspecified atom stereocenters. The van der Waals surface area contributed by atoms with Gasteiger partial charge >= 0.3 is 0 Å². The number of nitrogens with one attached hydrogen (secondary N) is 1. The van der Waals surface area contributed by atoms with Crippen LogP contribution >= 0.6 is 0 Å². The van der Waals surface area contributed by atoms with Crippen LogP contribution in [0.5, 0.6) is 11.5 Å². The van der Waals surface area contributed by atoms with Crippen LogP contribution in [0.25, 0.3) is 0 Å². The van der Waals surface area contributed by atoms with Crippen molar-refractivity contribution in [3.8, 4) is 11.5 Å². The Morgan fingerprint density at radius 3 is 2.43 bits per heavy atom. The van der Waals surface area contributed by atoms with Gasteiger partial charge in [0.15, 0.2) is 6.61 Å². The minimum atomic E-state index is -0.615. The van der Waals surface area contributed by atoms with Crippen molar-refractivity contribution >= 4 is 11.8 Å². The van der Waals surface area contributed by atoms with E-state index in [1.165, 1.54) is 4.90 Å². The molecular formula is C22H28N2O4. The van der Waals surface area contributed by atoms with Gasteiger partial charge in [-0.3, -0.25) is 9.59 Å². The molecule has 1 atom stereocenters. The first-order valence-electron chi connectivity index (χ1n) is 9.34. The van der Waals surface area contributed by atoms with E-state index in [1.54, 1.807) is 20.1 Å². The van der Waals surface area contributed by atoms with E-state index in [9.17, 15) is 9.59 Å².